The fraction of sp³-hybridized carbons (Fsp3) is 0.381. The number of nitrogens with zero attached hydrogens (tertiary/aromatic N) is 3. The first-order valence-corrected chi connectivity index (χ1v) is 10.3. The normalized spacial score (nSPS) is 15.2. The van der Waals surface area contributed by atoms with Gasteiger partial charge >= 0.3 is 0 Å². The third-order valence-electron chi connectivity index (χ3n) is 5.10. The molecule has 1 amide bonds. The van der Waals surface area contributed by atoms with Crippen LogP contribution in [0.25, 0.3) is 10.7 Å². The van der Waals surface area contributed by atoms with Gasteiger partial charge in [0.15, 0.2) is 0 Å². The number of hydrogen-bond acceptors (Lipinski definition) is 5. The lowest BCUT2D eigenvalue weighted by Gasteiger charge is -2.32. The average molecular weight is 382 g/mol. The van der Waals surface area contributed by atoms with Crippen LogP contribution in [0.1, 0.15) is 30.7 Å². The van der Waals surface area contributed by atoms with Gasteiger partial charge in [0.1, 0.15) is 0 Å². The van der Waals surface area contributed by atoms with Crippen LogP contribution in [0.3, 0.4) is 0 Å². The molecule has 0 radical (unpaired) electrons. The van der Waals surface area contributed by atoms with Gasteiger partial charge in [-0.25, -0.2) is 0 Å². The van der Waals surface area contributed by atoms with Crippen LogP contribution < -0.4 is 0 Å². The van der Waals surface area contributed by atoms with Gasteiger partial charge in [0.2, 0.25) is 17.6 Å². The van der Waals surface area contributed by atoms with Gasteiger partial charge in [-0.15, -0.1) is 11.3 Å². The van der Waals surface area contributed by atoms with E-state index in [2.05, 4.69) is 40.5 Å². The van der Waals surface area contributed by atoms with E-state index in [9.17, 15) is 4.79 Å². The summed E-state index contributed by atoms with van der Waals surface area (Å²) in [6.07, 6.45) is 4.18. The molecule has 5 nitrogen and oxygen atoms in total. The molecular formula is C21H23N3O2S. The van der Waals surface area contributed by atoms with Gasteiger partial charge in [-0.3, -0.25) is 4.79 Å². The Bertz CT molecular complexity index is 853. The van der Waals surface area contributed by atoms with Crippen LogP contribution >= 0.6 is 11.3 Å². The summed E-state index contributed by atoms with van der Waals surface area (Å²) in [7, 11) is 0. The Balaban J connectivity index is 1.23. The molecule has 0 aliphatic carbocycles. The van der Waals surface area contributed by atoms with Crippen molar-refractivity contribution < 1.29 is 9.32 Å². The maximum atomic E-state index is 12.5. The van der Waals surface area contributed by atoms with Gasteiger partial charge in [-0.2, -0.15) is 4.98 Å². The van der Waals surface area contributed by atoms with Gasteiger partial charge in [0.05, 0.1) is 4.88 Å². The van der Waals surface area contributed by atoms with Crippen molar-refractivity contribution in [3.05, 3.63) is 59.3 Å². The molecular weight excluding hydrogens is 358 g/mol. The summed E-state index contributed by atoms with van der Waals surface area (Å²) >= 11 is 1.58. The zero-order valence-corrected chi connectivity index (χ0v) is 16.0. The second-order valence-electron chi connectivity index (χ2n) is 7.00. The van der Waals surface area contributed by atoms with Crippen molar-refractivity contribution in [2.75, 3.05) is 13.1 Å². The Morgan fingerprint density at radius 1 is 1.15 bits per heavy atom. The summed E-state index contributed by atoms with van der Waals surface area (Å²) in [6, 6.07) is 14.5. The minimum atomic E-state index is 0.184. The lowest BCUT2D eigenvalue weighted by Crippen LogP contribution is -2.39. The standard InChI is InChI=1S/C21H23N3O2S/c25-20(9-8-19-22-21(23-26-19)18-7-4-14-27-18)24-12-10-17(11-13-24)15-16-5-2-1-3-6-16/h1-7,14,17H,8-13,15H2. The molecule has 0 saturated carbocycles. The van der Waals surface area contributed by atoms with Crippen LogP contribution in [0.15, 0.2) is 52.4 Å². The molecule has 6 heteroatoms. The van der Waals surface area contributed by atoms with E-state index in [1.807, 2.05) is 22.4 Å². The molecule has 0 N–H and O–H groups in total. The van der Waals surface area contributed by atoms with Crippen molar-refractivity contribution in [3.8, 4) is 10.7 Å². The van der Waals surface area contributed by atoms with E-state index in [-0.39, 0.29) is 5.91 Å². The van der Waals surface area contributed by atoms with Gasteiger partial charge in [0, 0.05) is 25.9 Å². The third kappa shape index (κ3) is 4.63. The minimum Gasteiger partial charge on any atom is -0.343 e. The number of hydrogen-bond donors (Lipinski definition) is 0. The molecule has 1 aliphatic heterocycles. The summed E-state index contributed by atoms with van der Waals surface area (Å²) in [6.45, 7) is 1.70. The lowest BCUT2D eigenvalue weighted by molar-refractivity contribution is -0.132. The molecule has 1 aliphatic rings. The van der Waals surface area contributed by atoms with Crippen molar-refractivity contribution in [3.63, 3.8) is 0 Å². The third-order valence-corrected chi connectivity index (χ3v) is 5.96. The molecule has 1 aromatic carbocycles. The number of aryl methyl sites for hydroxylation is 1. The zero-order chi connectivity index (χ0) is 18.5. The molecule has 140 valence electrons. The first kappa shape index (κ1) is 17.9. The monoisotopic (exact) mass is 381 g/mol. The highest BCUT2D eigenvalue weighted by Crippen LogP contribution is 2.23. The maximum absolute atomic E-state index is 12.5. The smallest absolute Gasteiger partial charge is 0.227 e. The van der Waals surface area contributed by atoms with E-state index in [0.29, 0.717) is 30.5 Å². The van der Waals surface area contributed by atoms with Gasteiger partial charge in [0.25, 0.3) is 0 Å². The fourth-order valence-corrected chi connectivity index (χ4v) is 4.22. The van der Waals surface area contributed by atoms with Crippen LogP contribution in [0.5, 0.6) is 0 Å². The number of piperidine rings is 1. The number of rotatable bonds is 6. The van der Waals surface area contributed by atoms with Crippen molar-refractivity contribution in [2.45, 2.75) is 32.1 Å². The number of carbonyl (C=O) groups is 1. The summed E-state index contributed by atoms with van der Waals surface area (Å²) < 4.78 is 5.28. The predicted octanol–water partition coefficient (Wildman–Crippen LogP) is 4.21. The Morgan fingerprint density at radius 2 is 1.96 bits per heavy atom. The molecule has 0 atom stereocenters. The van der Waals surface area contributed by atoms with Crippen LogP contribution in [-0.2, 0) is 17.6 Å². The molecule has 1 fully saturated rings. The zero-order valence-electron chi connectivity index (χ0n) is 15.2. The van der Waals surface area contributed by atoms with Crippen molar-refractivity contribution >= 4 is 17.2 Å². The van der Waals surface area contributed by atoms with Crippen molar-refractivity contribution in [2.24, 2.45) is 5.92 Å². The summed E-state index contributed by atoms with van der Waals surface area (Å²) in [4.78, 5) is 19.9. The van der Waals surface area contributed by atoms with E-state index < -0.39 is 0 Å². The first-order valence-electron chi connectivity index (χ1n) is 9.46. The topological polar surface area (TPSA) is 59.2 Å². The van der Waals surface area contributed by atoms with Crippen LogP contribution in [0, 0.1) is 5.92 Å². The summed E-state index contributed by atoms with van der Waals surface area (Å²) in [5, 5.41) is 5.98. The molecule has 3 heterocycles. The average Bonchev–Trinajstić information content (AvgIpc) is 3.39. The van der Waals surface area contributed by atoms with Gasteiger partial charge < -0.3 is 9.42 Å². The van der Waals surface area contributed by atoms with Crippen LogP contribution in [-0.4, -0.2) is 34.0 Å². The van der Waals surface area contributed by atoms with Crippen molar-refractivity contribution in [1.29, 1.82) is 0 Å². The second-order valence-corrected chi connectivity index (χ2v) is 7.95. The molecule has 3 aromatic rings. The second kappa shape index (κ2) is 8.48. The Labute approximate surface area is 163 Å². The summed E-state index contributed by atoms with van der Waals surface area (Å²) in [5.41, 5.74) is 1.39. The highest BCUT2D eigenvalue weighted by molar-refractivity contribution is 7.13. The molecule has 4 rings (SSSR count). The molecule has 2 aromatic heterocycles. The van der Waals surface area contributed by atoms with E-state index in [1.54, 1.807) is 11.3 Å². The number of carbonyl (C=O) groups excluding carboxylic acids is 1. The van der Waals surface area contributed by atoms with Gasteiger partial charge in [-0.05, 0) is 42.2 Å². The summed E-state index contributed by atoms with van der Waals surface area (Å²) in [5.74, 6) is 1.99. The first-order chi connectivity index (χ1) is 13.3. The predicted molar refractivity (Wildman–Crippen MR) is 105 cm³/mol. The Hall–Kier alpha value is -2.47. The Kier molecular flexibility index (Phi) is 5.63. The van der Waals surface area contributed by atoms with Crippen molar-refractivity contribution in [1.82, 2.24) is 15.0 Å². The number of aromatic nitrogens is 2. The maximum Gasteiger partial charge on any atom is 0.227 e. The molecule has 0 unspecified atom stereocenters. The van der Waals surface area contributed by atoms with Gasteiger partial charge in [-0.1, -0.05) is 41.6 Å². The van der Waals surface area contributed by atoms with E-state index in [1.165, 1.54) is 5.56 Å². The fourth-order valence-electron chi connectivity index (χ4n) is 3.57. The lowest BCUT2D eigenvalue weighted by atomic mass is 9.90. The SMILES string of the molecule is O=C(CCc1nc(-c2cccs2)no1)N1CCC(Cc2ccccc2)CC1. The molecule has 27 heavy (non-hydrogen) atoms. The largest absolute Gasteiger partial charge is 0.343 e. The molecule has 0 bridgehead atoms. The van der Waals surface area contributed by atoms with E-state index >= 15 is 0 Å². The van der Waals surface area contributed by atoms with Crippen LogP contribution in [0.4, 0.5) is 0 Å². The minimum absolute atomic E-state index is 0.184. The number of likely N-dealkylation sites (tertiary alicyclic amines) is 1. The molecule has 0 spiro atoms. The highest BCUT2D eigenvalue weighted by Gasteiger charge is 2.23. The molecule has 1 saturated heterocycles. The highest BCUT2D eigenvalue weighted by atomic mass is 32.1. The Morgan fingerprint density at radius 3 is 2.70 bits per heavy atom. The number of thiophene rings is 1. The van der Waals surface area contributed by atoms with E-state index in [4.69, 9.17) is 4.52 Å². The number of amides is 1. The van der Waals surface area contributed by atoms with E-state index in [0.717, 1.165) is 37.2 Å². The van der Waals surface area contributed by atoms with Crippen LogP contribution in [0.2, 0.25) is 0 Å². The quantitative estimate of drug-likeness (QED) is 0.642. The number of benzene rings is 1.